The van der Waals surface area contributed by atoms with Crippen molar-refractivity contribution in [3.63, 3.8) is 0 Å². The first-order valence-electron chi connectivity index (χ1n) is 8.77. The molecule has 0 saturated carbocycles. The van der Waals surface area contributed by atoms with Gasteiger partial charge in [-0.25, -0.2) is 0 Å². The number of nitrogens with zero attached hydrogens (tertiary/aromatic N) is 2. The highest BCUT2D eigenvalue weighted by atomic mass is 127. The molecular weight excluding hydrogens is 519 g/mol. The SMILES string of the molecule is C[Si](C)(C)O[Si](O[Si](C)(C)C)(O[Si](C)(C)C)c1cc(C#N)c(C#N)cc1I. The van der Waals surface area contributed by atoms with Gasteiger partial charge in [-0.2, -0.15) is 10.5 Å². The molecule has 0 aliphatic rings. The molecule has 0 unspecified atom stereocenters. The second-order valence-electron chi connectivity index (χ2n) is 9.30. The lowest BCUT2D eigenvalue weighted by Gasteiger charge is -2.43. The Labute approximate surface area is 181 Å². The van der Waals surface area contributed by atoms with E-state index in [-0.39, 0.29) is 0 Å². The largest absolute Gasteiger partial charge is 0.506 e. The molecule has 0 N–H and O–H groups in total. The first-order valence-corrected chi connectivity index (χ1v) is 21.8. The third-order valence-electron chi connectivity index (χ3n) is 3.00. The average molecular weight is 549 g/mol. The summed E-state index contributed by atoms with van der Waals surface area (Å²) in [7, 11) is -9.42. The summed E-state index contributed by atoms with van der Waals surface area (Å²) in [6, 6.07) is 7.74. The van der Waals surface area contributed by atoms with E-state index in [9.17, 15) is 10.5 Å². The van der Waals surface area contributed by atoms with E-state index in [2.05, 4.69) is 93.7 Å². The fourth-order valence-corrected chi connectivity index (χ4v) is 17.2. The number of nitriles is 2. The third kappa shape index (κ3) is 7.55. The van der Waals surface area contributed by atoms with Crippen molar-refractivity contribution >= 4 is 61.5 Å². The molecule has 27 heavy (non-hydrogen) atoms. The van der Waals surface area contributed by atoms with Gasteiger partial charge in [0.15, 0.2) is 25.0 Å². The maximum atomic E-state index is 9.54. The molecule has 0 amide bonds. The standard InChI is InChI=1S/C17H29IN2O3Si4/c1-24(2,3)21-27(22-25(4,5)6,23-26(7,8)9)17-11-15(13-20)14(12-19)10-16(17)18/h10-11H,1-9H3. The molecule has 0 heterocycles. The molecule has 0 radical (unpaired) electrons. The smallest absolute Gasteiger partial charge is 0.414 e. The Morgan fingerprint density at radius 3 is 1.33 bits per heavy atom. The number of hydrogen-bond donors (Lipinski definition) is 0. The van der Waals surface area contributed by atoms with Crippen molar-refractivity contribution in [2.45, 2.75) is 58.9 Å². The first-order chi connectivity index (χ1) is 12.0. The molecular formula is C17H29IN2O3Si4. The van der Waals surface area contributed by atoms with E-state index in [0.29, 0.717) is 11.1 Å². The minimum Gasteiger partial charge on any atom is -0.414 e. The van der Waals surface area contributed by atoms with E-state index >= 15 is 0 Å². The van der Waals surface area contributed by atoms with Crippen LogP contribution in [0.4, 0.5) is 0 Å². The van der Waals surface area contributed by atoms with Crippen molar-refractivity contribution < 1.29 is 12.3 Å². The highest BCUT2D eigenvalue weighted by Crippen LogP contribution is 2.28. The minimum atomic E-state index is -3.29. The molecule has 148 valence electrons. The molecule has 1 aromatic carbocycles. The van der Waals surface area contributed by atoms with Crippen LogP contribution in [-0.2, 0) is 12.3 Å². The predicted molar refractivity (Wildman–Crippen MR) is 127 cm³/mol. The van der Waals surface area contributed by atoms with Crippen LogP contribution in [0, 0.1) is 26.2 Å². The van der Waals surface area contributed by atoms with Crippen molar-refractivity contribution in [3.05, 3.63) is 26.8 Å². The van der Waals surface area contributed by atoms with Crippen LogP contribution in [0.5, 0.6) is 0 Å². The Morgan fingerprint density at radius 2 is 1.04 bits per heavy atom. The molecule has 0 saturated heterocycles. The van der Waals surface area contributed by atoms with E-state index in [4.69, 9.17) is 12.3 Å². The fraction of sp³-hybridized carbons (Fsp3) is 0.529. The molecule has 0 aliphatic heterocycles. The van der Waals surface area contributed by atoms with Crippen LogP contribution in [0.1, 0.15) is 11.1 Å². The summed E-state index contributed by atoms with van der Waals surface area (Å²) in [6.07, 6.45) is 0. The molecule has 0 atom stereocenters. The van der Waals surface area contributed by atoms with Gasteiger partial charge in [-0.3, -0.25) is 0 Å². The summed E-state index contributed by atoms with van der Waals surface area (Å²) in [5.74, 6) is 0. The molecule has 0 aromatic heterocycles. The van der Waals surface area contributed by atoms with E-state index in [1.54, 1.807) is 12.1 Å². The van der Waals surface area contributed by atoms with Crippen LogP contribution < -0.4 is 5.19 Å². The highest BCUT2D eigenvalue weighted by Gasteiger charge is 2.53. The van der Waals surface area contributed by atoms with Crippen molar-refractivity contribution in [3.8, 4) is 12.1 Å². The molecule has 0 fully saturated rings. The summed E-state index contributed by atoms with van der Waals surface area (Å²) in [6.45, 7) is 19.1. The number of hydrogen-bond acceptors (Lipinski definition) is 5. The summed E-state index contributed by atoms with van der Waals surface area (Å²) < 4.78 is 21.0. The van der Waals surface area contributed by atoms with Crippen molar-refractivity contribution in [2.75, 3.05) is 0 Å². The quantitative estimate of drug-likeness (QED) is 0.364. The molecule has 0 bridgehead atoms. The highest BCUT2D eigenvalue weighted by molar-refractivity contribution is 14.1. The van der Waals surface area contributed by atoms with Crippen LogP contribution in [0.25, 0.3) is 0 Å². The summed E-state index contributed by atoms with van der Waals surface area (Å²) in [5.41, 5.74) is 0.699. The Morgan fingerprint density at radius 1 is 0.704 bits per heavy atom. The lowest BCUT2D eigenvalue weighted by Crippen LogP contribution is -2.68. The average Bonchev–Trinajstić information content (AvgIpc) is 2.40. The van der Waals surface area contributed by atoms with Gasteiger partial charge in [0.1, 0.15) is 12.1 Å². The second kappa shape index (κ2) is 8.59. The minimum absolute atomic E-state index is 0.335. The lowest BCUT2D eigenvalue weighted by molar-refractivity contribution is 0.273. The predicted octanol–water partition coefficient (Wildman–Crippen LogP) is 4.73. The van der Waals surface area contributed by atoms with E-state index < -0.39 is 33.8 Å². The monoisotopic (exact) mass is 548 g/mol. The Hall–Kier alpha value is -0.322. The van der Waals surface area contributed by atoms with Crippen LogP contribution in [0.2, 0.25) is 58.9 Å². The van der Waals surface area contributed by atoms with Crippen LogP contribution in [0.3, 0.4) is 0 Å². The summed E-state index contributed by atoms with van der Waals surface area (Å²) >= 11 is 2.20. The zero-order valence-electron chi connectivity index (χ0n) is 17.7. The zero-order valence-corrected chi connectivity index (χ0v) is 23.8. The van der Waals surface area contributed by atoms with E-state index in [0.717, 1.165) is 8.76 Å². The van der Waals surface area contributed by atoms with Crippen molar-refractivity contribution in [1.29, 1.82) is 10.5 Å². The number of benzene rings is 1. The molecule has 1 rings (SSSR count). The van der Waals surface area contributed by atoms with Crippen molar-refractivity contribution in [1.82, 2.24) is 0 Å². The summed E-state index contributed by atoms with van der Waals surface area (Å²) in [5, 5.41) is 19.7. The van der Waals surface area contributed by atoms with Crippen molar-refractivity contribution in [2.24, 2.45) is 0 Å². The van der Waals surface area contributed by atoms with Gasteiger partial charge in [0.2, 0.25) is 0 Å². The van der Waals surface area contributed by atoms with Crippen LogP contribution in [-0.4, -0.2) is 33.8 Å². The van der Waals surface area contributed by atoms with E-state index in [1.165, 1.54) is 0 Å². The van der Waals surface area contributed by atoms with Crippen LogP contribution in [0.15, 0.2) is 12.1 Å². The van der Waals surface area contributed by atoms with Gasteiger partial charge >= 0.3 is 8.80 Å². The lowest BCUT2D eigenvalue weighted by atomic mass is 10.1. The Bertz CT molecular complexity index is 743. The van der Waals surface area contributed by atoms with Gasteiger partial charge in [0.25, 0.3) is 0 Å². The molecule has 0 aliphatic carbocycles. The van der Waals surface area contributed by atoms with Gasteiger partial charge in [0, 0.05) is 8.76 Å². The normalized spacial score (nSPS) is 13.2. The third-order valence-corrected chi connectivity index (χ3v) is 16.0. The van der Waals surface area contributed by atoms with Gasteiger partial charge in [-0.05, 0) is 93.6 Å². The maximum Gasteiger partial charge on any atom is 0.506 e. The summed E-state index contributed by atoms with van der Waals surface area (Å²) in [4.78, 5) is 0. The Balaban J connectivity index is 3.85. The fourth-order valence-electron chi connectivity index (χ4n) is 2.43. The maximum absolute atomic E-state index is 9.54. The zero-order chi connectivity index (χ0) is 21.3. The van der Waals surface area contributed by atoms with E-state index in [1.807, 2.05) is 0 Å². The molecule has 10 heteroatoms. The second-order valence-corrected chi connectivity index (χ2v) is 27.2. The van der Waals surface area contributed by atoms with Gasteiger partial charge in [-0.15, -0.1) is 0 Å². The first kappa shape index (κ1) is 24.7. The van der Waals surface area contributed by atoms with Gasteiger partial charge in [-0.1, -0.05) is 0 Å². The topological polar surface area (TPSA) is 75.3 Å². The Kier molecular flexibility index (Phi) is 7.86. The van der Waals surface area contributed by atoms with Gasteiger partial charge < -0.3 is 12.3 Å². The number of halogens is 1. The molecule has 5 nitrogen and oxygen atoms in total. The molecule has 0 spiro atoms. The van der Waals surface area contributed by atoms with Crippen LogP contribution >= 0.6 is 22.6 Å². The van der Waals surface area contributed by atoms with Gasteiger partial charge in [0.05, 0.1) is 11.1 Å². The number of rotatable bonds is 7. The molecule has 1 aromatic rings.